The molecular weight excluding hydrogens is 232 g/mol. The van der Waals surface area contributed by atoms with Crippen molar-refractivity contribution < 1.29 is 4.52 Å². The van der Waals surface area contributed by atoms with Gasteiger partial charge in [0.2, 0.25) is 0 Å². The third-order valence-corrected chi connectivity index (χ3v) is 2.41. The minimum atomic E-state index is 0.378. The van der Waals surface area contributed by atoms with E-state index in [1.165, 1.54) is 0 Å². The lowest BCUT2D eigenvalue weighted by molar-refractivity contribution is 0.422. The fraction of sp³-hybridized carbons (Fsp3) is 0.0909. The van der Waals surface area contributed by atoms with Gasteiger partial charge in [0.15, 0.2) is 5.82 Å². The number of nitrogens with two attached hydrogens (primary N) is 1. The summed E-state index contributed by atoms with van der Waals surface area (Å²) >= 11 is 0. The summed E-state index contributed by atoms with van der Waals surface area (Å²) in [6.07, 6.45) is 4.05. The number of nitrogen functional groups attached to an aromatic ring is 1. The van der Waals surface area contributed by atoms with Crippen molar-refractivity contribution in [2.75, 3.05) is 5.73 Å². The van der Waals surface area contributed by atoms with Crippen molar-refractivity contribution in [3.05, 3.63) is 42.0 Å². The molecule has 0 saturated carbocycles. The van der Waals surface area contributed by atoms with E-state index in [0.29, 0.717) is 29.6 Å². The Bertz CT molecular complexity index is 644. The van der Waals surface area contributed by atoms with E-state index in [1.54, 1.807) is 18.5 Å². The molecule has 3 heterocycles. The van der Waals surface area contributed by atoms with Crippen LogP contribution in [0.25, 0.3) is 11.6 Å². The molecule has 0 amide bonds. The van der Waals surface area contributed by atoms with Gasteiger partial charge in [0.25, 0.3) is 5.89 Å². The summed E-state index contributed by atoms with van der Waals surface area (Å²) in [7, 11) is 0. The summed E-state index contributed by atoms with van der Waals surface area (Å²) in [6.45, 7) is 0. The fourth-order valence-corrected chi connectivity index (χ4v) is 1.57. The van der Waals surface area contributed by atoms with Crippen LogP contribution in [-0.4, -0.2) is 25.3 Å². The van der Waals surface area contributed by atoms with Crippen LogP contribution in [0.15, 0.2) is 35.1 Å². The number of hydrogen-bond acceptors (Lipinski definition) is 6. The van der Waals surface area contributed by atoms with E-state index in [9.17, 15) is 0 Å². The predicted molar refractivity (Wildman–Crippen MR) is 63.3 cm³/mol. The first-order chi connectivity index (χ1) is 8.81. The van der Waals surface area contributed by atoms with E-state index >= 15 is 0 Å². The molecular formula is C11H10N6O. The van der Waals surface area contributed by atoms with E-state index in [1.807, 2.05) is 12.1 Å². The lowest BCUT2D eigenvalue weighted by Gasteiger charge is -1.93. The normalized spacial score (nSPS) is 10.7. The Morgan fingerprint density at radius 2 is 2.11 bits per heavy atom. The standard InChI is InChI=1S/C11H10N6O/c12-9-6-8(15-16-9)11-14-10(17-18-11)5-7-1-3-13-4-2-7/h1-4,6H,5H2,(H3,12,15,16). The van der Waals surface area contributed by atoms with Crippen LogP contribution in [-0.2, 0) is 6.42 Å². The van der Waals surface area contributed by atoms with Crippen molar-refractivity contribution >= 4 is 5.82 Å². The van der Waals surface area contributed by atoms with Gasteiger partial charge in [0.1, 0.15) is 11.5 Å². The number of aromatic amines is 1. The Kier molecular flexibility index (Phi) is 2.49. The number of nitrogens with one attached hydrogen (secondary N) is 1. The van der Waals surface area contributed by atoms with Gasteiger partial charge in [-0.15, -0.1) is 0 Å². The molecule has 0 bridgehead atoms. The maximum atomic E-state index is 5.51. The average Bonchev–Trinajstić information content (AvgIpc) is 2.99. The lowest BCUT2D eigenvalue weighted by Crippen LogP contribution is -1.90. The van der Waals surface area contributed by atoms with E-state index in [-0.39, 0.29) is 0 Å². The van der Waals surface area contributed by atoms with Crippen molar-refractivity contribution in [2.24, 2.45) is 0 Å². The van der Waals surface area contributed by atoms with Crippen molar-refractivity contribution in [1.82, 2.24) is 25.3 Å². The number of aromatic nitrogens is 5. The van der Waals surface area contributed by atoms with Gasteiger partial charge in [-0.2, -0.15) is 10.1 Å². The number of pyridine rings is 1. The fourth-order valence-electron chi connectivity index (χ4n) is 1.57. The van der Waals surface area contributed by atoms with Crippen LogP contribution < -0.4 is 5.73 Å². The third-order valence-electron chi connectivity index (χ3n) is 2.41. The Morgan fingerprint density at radius 3 is 2.83 bits per heavy atom. The van der Waals surface area contributed by atoms with Gasteiger partial charge >= 0.3 is 0 Å². The van der Waals surface area contributed by atoms with E-state index < -0.39 is 0 Å². The van der Waals surface area contributed by atoms with Crippen LogP contribution in [0.5, 0.6) is 0 Å². The molecule has 3 rings (SSSR count). The molecule has 3 aromatic heterocycles. The Morgan fingerprint density at radius 1 is 1.28 bits per heavy atom. The van der Waals surface area contributed by atoms with Crippen LogP contribution in [0.4, 0.5) is 5.82 Å². The molecule has 0 spiro atoms. The largest absolute Gasteiger partial charge is 0.382 e. The van der Waals surface area contributed by atoms with Gasteiger partial charge in [-0.05, 0) is 17.7 Å². The Labute approximate surface area is 102 Å². The molecule has 0 aliphatic heterocycles. The Balaban J connectivity index is 1.82. The van der Waals surface area contributed by atoms with Gasteiger partial charge < -0.3 is 10.3 Å². The van der Waals surface area contributed by atoms with Crippen molar-refractivity contribution in [1.29, 1.82) is 0 Å². The van der Waals surface area contributed by atoms with Crippen molar-refractivity contribution in [3.63, 3.8) is 0 Å². The molecule has 0 fully saturated rings. The maximum Gasteiger partial charge on any atom is 0.276 e. The zero-order valence-electron chi connectivity index (χ0n) is 9.37. The number of nitrogens with zero attached hydrogens (tertiary/aromatic N) is 4. The number of hydrogen-bond donors (Lipinski definition) is 2. The molecule has 7 nitrogen and oxygen atoms in total. The molecule has 0 atom stereocenters. The number of rotatable bonds is 3. The van der Waals surface area contributed by atoms with Crippen molar-refractivity contribution in [2.45, 2.75) is 6.42 Å². The number of anilines is 1. The predicted octanol–water partition coefficient (Wildman–Crippen LogP) is 1.03. The van der Waals surface area contributed by atoms with Crippen LogP contribution >= 0.6 is 0 Å². The van der Waals surface area contributed by atoms with Gasteiger partial charge in [-0.3, -0.25) is 10.1 Å². The van der Waals surface area contributed by atoms with Gasteiger partial charge in [0.05, 0.1) is 0 Å². The summed E-state index contributed by atoms with van der Waals surface area (Å²) in [6, 6.07) is 5.46. The summed E-state index contributed by atoms with van der Waals surface area (Å²) in [5.41, 5.74) is 7.19. The van der Waals surface area contributed by atoms with Gasteiger partial charge in [0, 0.05) is 24.9 Å². The summed E-state index contributed by atoms with van der Waals surface area (Å²) in [5, 5.41) is 10.4. The molecule has 3 aromatic rings. The highest BCUT2D eigenvalue weighted by Crippen LogP contribution is 2.16. The average molecular weight is 242 g/mol. The topological polar surface area (TPSA) is 107 Å². The van der Waals surface area contributed by atoms with Crippen molar-refractivity contribution in [3.8, 4) is 11.6 Å². The molecule has 0 aliphatic rings. The monoisotopic (exact) mass is 242 g/mol. The molecule has 0 unspecified atom stereocenters. The van der Waals surface area contributed by atoms with E-state index in [4.69, 9.17) is 10.3 Å². The highest BCUT2D eigenvalue weighted by atomic mass is 16.5. The summed E-state index contributed by atoms with van der Waals surface area (Å²) in [5.74, 6) is 1.37. The van der Waals surface area contributed by atoms with Gasteiger partial charge in [-0.1, -0.05) is 5.16 Å². The molecule has 0 aliphatic carbocycles. The van der Waals surface area contributed by atoms with Gasteiger partial charge in [-0.25, -0.2) is 0 Å². The first kappa shape index (κ1) is 10.5. The second-order valence-electron chi connectivity index (χ2n) is 3.75. The van der Waals surface area contributed by atoms with Crippen LogP contribution in [0.1, 0.15) is 11.4 Å². The van der Waals surface area contributed by atoms with Crippen LogP contribution in [0, 0.1) is 0 Å². The van der Waals surface area contributed by atoms with E-state index in [0.717, 1.165) is 5.56 Å². The van der Waals surface area contributed by atoms with E-state index in [2.05, 4.69) is 25.3 Å². The zero-order valence-corrected chi connectivity index (χ0v) is 9.37. The first-order valence-corrected chi connectivity index (χ1v) is 5.34. The highest BCUT2D eigenvalue weighted by molar-refractivity contribution is 5.51. The maximum absolute atomic E-state index is 5.51. The van der Waals surface area contributed by atoms with Crippen LogP contribution in [0.2, 0.25) is 0 Å². The molecule has 0 aromatic carbocycles. The number of H-pyrrole nitrogens is 1. The molecule has 90 valence electrons. The lowest BCUT2D eigenvalue weighted by atomic mass is 10.2. The second kappa shape index (κ2) is 4.28. The molecule has 0 radical (unpaired) electrons. The minimum Gasteiger partial charge on any atom is -0.382 e. The molecule has 7 heteroatoms. The second-order valence-corrected chi connectivity index (χ2v) is 3.75. The van der Waals surface area contributed by atoms with Crippen LogP contribution in [0.3, 0.4) is 0 Å². The molecule has 0 saturated heterocycles. The third kappa shape index (κ3) is 2.05. The highest BCUT2D eigenvalue weighted by Gasteiger charge is 2.11. The smallest absolute Gasteiger partial charge is 0.276 e. The summed E-state index contributed by atoms with van der Waals surface area (Å²) < 4.78 is 5.13. The molecule has 3 N–H and O–H groups in total. The first-order valence-electron chi connectivity index (χ1n) is 5.34. The molecule has 18 heavy (non-hydrogen) atoms. The SMILES string of the molecule is Nc1cc(-c2nc(Cc3ccncc3)no2)[nH]n1. The minimum absolute atomic E-state index is 0.378. The quantitative estimate of drug-likeness (QED) is 0.710. The Hall–Kier alpha value is -2.70. The summed E-state index contributed by atoms with van der Waals surface area (Å²) in [4.78, 5) is 8.22. The zero-order chi connectivity index (χ0) is 12.4.